The summed E-state index contributed by atoms with van der Waals surface area (Å²) in [5, 5.41) is 2.57. The van der Waals surface area contributed by atoms with E-state index in [1.165, 1.54) is 0 Å². The van der Waals surface area contributed by atoms with Crippen LogP contribution in [0.3, 0.4) is 0 Å². The zero-order valence-electron chi connectivity index (χ0n) is 9.52. The van der Waals surface area contributed by atoms with Crippen LogP contribution >= 0.6 is 11.6 Å². The molecule has 0 saturated carbocycles. The number of benzene rings is 1. The van der Waals surface area contributed by atoms with Crippen LogP contribution in [0, 0.1) is 0 Å². The standard InChI is InChI=1S/C11H6ClF6NO/c12-8-4-6(3-7(5-8)10(13,14)15)9(11(16,17)18)1-2-19-20-9/h2-5H,1H2. The van der Waals surface area contributed by atoms with Crippen molar-refractivity contribution in [3.8, 4) is 0 Å². The maximum Gasteiger partial charge on any atom is 0.435 e. The van der Waals surface area contributed by atoms with Crippen molar-refractivity contribution in [3.05, 3.63) is 34.3 Å². The zero-order chi connectivity index (χ0) is 15.2. The van der Waals surface area contributed by atoms with Crippen molar-refractivity contribution in [2.75, 3.05) is 0 Å². The Labute approximate surface area is 114 Å². The van der Waals surface area contributed by atoms with E-state index in [-0.39, 0.29) is 0 Å². The Hall–Kier alpha value is -1.44. The van der Waals surface area contributed by atoms with Gasteiger partial charge in [0.1, 0.15) is 0 Å². The highest BCUT2D eigenvalue weighted by Gasteiger charge is 2.61. The molecular formula is C11H6ClF6NO. The molecule has 1 aliphatic heterocycles. The van der Waals surface area contributed by atoms with Gasteiger partial charge in [-0.05, 0) is 18.2 Å². The molecule has 20 heavy (non-hydrogen) atoms. The minimum Gasteiger partial charge on any atom is -0.375 e. The Balaban J connectivity index is 2.59. The molecule has 1 aliphatic rings. The van der Waals surface area contributed by atoms with Crippen molar-refractivity contribution < 1.29 is 31.2 Å². The van der Waals surface area contributed by atoms with Gasteiger partial charge in [-0.1, -0.05) is 16.8 Å². The molecule has 1 heterocycles. The van der Waals surface area contributed by atoms with Crippen molar-refractivity contribution in [3.63, 3.8) is 0 Å². The molecule has 0 saturated heterocycles. The fourth-order valence-corrected chi connectivity index (χ4v) is 2.05. The van der Waals surface area contributed by atoms with Crippen LogP contribution in [-0.2, 0) is 16.6 Å². The number of hydrogen-bond acceptors (Lipinski definition) is 2. The lowest BCUT2D eigenvalue weighted by atomic mass is 9.89. The second kappa shape index (κ2) is 4.54. The van der Waals surface area contributed by atoms with Gasteiger partial charge in [0, 0.05) is 23.2 Å². The average Bonchev–Trinajstić information content (AvgIpc) is 2.76. The third-order valence-electron chi connectivity index (χ3n) is 2.81. The molecule has 1 atom stereocenters. The van der Waals surface area contributed by atoms with Crippen LogP contribution in [0.1, 0.15) is 17.5 Å². The topological polar surface area (TPSA) is 21.6 Å². The molecule has 1 aromatic rings. The van der Waals surface area contributed by atoms with Gasteiger partial charge in [-0.3, -0.25) is 0 Å². The Kier molecular flexibility index (Phi) is 3.40. The first-order valence-corrected chi connectivity index (χ1v) is 5.59. The predicted molar refractivity (Wildman–Crippen MR) is 58.4 cm³/mol. The highest BCUT2D eigenvalue weighted by molar-refractivity contribution is 6.30. The molecule has 1 aromatic carbocycles. The largest absolute Gasteiger partial charge is 0.435 e. The number of rotatable bonds is 1. The average molecular weight is 318 g/mol. The van der Waals surface area contributed by atoms with E-state index >= 15 is 0 Å². The summed E-state index contributed by atoms with van der Waals surface area (Å²) in [7, 11) is 0. The smallest absolute Gasteiger partial charge is 0.375 e. The van der Waals surface area contributed by atoms with E-state index in [0.29, 0.717) is 12.1 Å². The molecule has 0 amide bonds. The Morgan fingerprint density at radius 2 is 1.75 bits per heavy atom. The molecule has 9 heteroatoms. The quantitative estimate of drug-likeness (QED) is 0.698. The first kappa shape index (κ1) is 15.0. The van der Waals surface area contributed by atoms with Gasteiger partial charge in [0.15, 0.2) is 0 Å². The SMILES string of the molecule is FC(F)(F)c1cc(Cl)cc(C2(C(F)(F)F)CC=NO2)c1. The molecule has 0 fully saturated rings. The van der Waals surface area contributed by atoms with Gasteiger partial charge in [0.05, 0.1) is 5.56 Å². The lowest BCUT2D eigenvalue weighted by molar-refractivity contribution is -0.276. The summed E-state index contributed by atoms with van der Waals surface area (Å²) in [6, 6.07) is 1.71. The van der Waals surface area contributed by atoms with Gasteiger partial charge >= 0.3 is 12.4 Å². The second-order valence-electron chi connectivity index (χ2n) is 4.13. The first-order chi connectivity index (χ1) is 9.06. The molecule has 0 spiro atoms. The van der Waals surface area contributed by atoms with E-state index < -0.39 is 40.5 Å². The Morgan fingerprint density at radius 1 is 1.10 bits per heavy atom. The normalized spacial score (nSPS) is 22.9. The molecule has 2 nitrogen and oxygen atoms in total. The first-order valence-electron chi connectivity index (χ1n) is 5.21. The zero-order valence-corrected chi connectivity index (χ0v) is 10.3. The molecule has 2 rings (SSSR count). The predicted octanol–water partition coefficient (Wildman–Crippen LogP) is 4.52. The van der Waals surface area contributed by atoms with E-state index in [1.54, 1.807) is 0 Å². The van der Waals surface area contributed by atoms with Crippen molar-refractivity contribution in [2.24, 2.45) is 5.16 Å². The van der Waals surface area contributed by atoms with Crippen molar-refractivity contribution in [1.82, 2.24) is 0 Å². The van der Waals surface area contributed by atoms with Crippen LogP contribution in [0.2, 0.25) is 5.02 Å². The molecule has 0 bridgehead atoms. The summed E-state index contributed by atoms with van der Waals surface area (Å²) in [4.78, 5) is 4.33. The molecule has 0 N–H and O–H groups in total. The van der Waals surface area contributed by atoms with Crippen molar-refractivity contribution in [1.29, 1.82) is 0 Å². The maximum atomic E-state index is 13.1. The van der Waals surface area contributed by atoms with Gasteiger partial charge in [-0.25, -0.2) is 0 Å². The van der Waals surface area contributed by atoms with Crippen LogP contribution in [0.4, 0.5) is 26.3 Å². The molecule has 0 aliphatic carbocycles. The number of hydrogen-bond donors (Lipinski definition) is 0. The lowest BCUT2D eigenvalue weighted by Gasteiger charge is -2.29. The van der Waals surface area contributed by atoms with Crippen LogP contribution < -0.4 is 0 Å². The summed E-state index contributed by atoms with van der Waals surface area (Å²) in [5.41, 5.74) is -4.95. The summed E-state index contributed by atoms with van der Waals surface area (Å²) in [6.45, 7) is 0. The summed E-state index contributed by atoms with van der Waals surface area (Å²) in [5.74, 6) is 0. The van der Waals surface area contributed by atoms with Crippen LogP contribution in [0.25, 0.3) is 0 Å². The van der Waals surface area contributed by atoms with Crippen molar-refractivity contribution >= 4 is 17.8 Å². The molecule has 1 unspecified atom stereocenters. The summed E-state index contributed by atoms with van der Waals surface area (Å²) >= 11 is 5.48. The van der Waals surface area contributed by atoms with E-state index in [9.17, 15) is 26.3 Å². The minimum atomic E-state index is -4.93. The number of nitrogens with zero attached hydrogens (tertiary/aromatic N) is 1. The Bertz CT molecular complexity index is 543. The fraction of sp³-hybridized carbons (Fsp3) is 0.364. The highest BCUT2D eigenvalue weighted by Crippen LogP contribution is 2.48. The van der Waals surface area contributed by atoms with Crippen LogP contribution in [0.5, 0.6) is 0 Å². The number of alkyl halides is 6. The van der Waals surface area contributed by atoms with E-state index in [0.717, 1.165) is 12.3 Å². The fourth-order valence-electron chi connectivity index (χ4n) is 1.82. The van der Waals surface area contributed by atoms with E-state index in [2.05, 4.69) is 9.99 Å². The van der Waals surface area contributed by atoms with Gasteiger partial charge in [-0.15, -0.1) is 0 Å². The van der Waals surface area contributed by atoms with E-state index in [4.69, 9.17) is 11.6 Å². The second-order valence-corrected chi connectivity index (χ2v) is 4.57. The third-order valence-corrected chi connectivity index (χ3v) is 3.03. The van der Waals surface area contributed by atoms with Gasteiger partial charge in [0.25, 0.3) is 5.60 Å². The van der Waals surface area contributed by atoms with Crippen molar-refractivity contribution in [2.45, 2.75) is 24.4 Å². The van der Waals surface area contributed by atoms with Gasteiger partial charge < -0.3 is 4.84 Å². The summed E-state index contributed by atoms with van der Waals surface area (Å²) in [6.07, 6.45) is -9.61. The van der Waals surface area contributed by atoms with Crippen LogP contribution in [0.15, 0.2) is 23.4 Å². The maximum absolute atomic E-state index is 13.1. The minimum absolute atomic E-state index is 0.369. The van der Waals surface area contributed by atoms with Gasteiger partial charge in [0.2, 0.25) is 0 Å². The molecule has 110 valence electrons. The van der Waals surface area contributed by atoms with Crippen LogP contribution in [-0.4, -0.2) is 12.4 Å². The van der Waals surface area contributed by atoms with E-state index in [1.807, 2.05) is 0 Å². The molecular weight excluding hydrogens is 312 g/mol. The number of oxime groups is 1. The highest BCUT2D eigenvalue weighted by atomic mass is 35.5. The third kappa shape index (κ3) is 2.44. The monoisotopic (exact) mass is 317 g/mol. The lowest BCUT2D eigenvalue weighted by Crippen LogP contribution is -2.42. The molecule has 0 radical (unpaired) electrons. The summed E-state index contributed by atoms with van der Waals surface area (Å²) < 4.78 is 77.3. The number of halogens is 7. The molecule has 0 aromatic heterocycles. The van der Waals surface area contributed by atoms with Gasteiger partial charge in [-0.2, -0.15) is 26.3 Å². The Morgan fingerprint density at radius 3 is 2.20 bits per heavy atom.